The Balaban J connectivity index is 1.43. The van der Waals surface area contributed by atoms with Crippen molar-refractivity contribution in [2.45, 2.75) is 38.3 Å². The molecule has 8 nitrogen and oxygen atoms in total. The van der Waals surface area contributed by atoms with E-state index in [9.17, 15) is 9.59 Å². The van der Waals surface area contributed by atoms with Gasteiger partial charge in [-0.3, -0.25) is 4.79 Å². The molecule has 3 aromatic rings. The van der Waals surface area contributed by atoms with E-state index < -0.39 is 0 Å². The molecule has 0 saturated heterocycles. The Hall–Kier alpha value is -2.85. The number of rotatable bonds is 8. The summed E-state index contributed by atoms with van der Waals surface area (Å²) in [6, 6.07) is 7.30. The van der Waals surface area contributed by atoms with Crippen molar-refractivity contribution in [3.8, 4) is 17.2 Å². The number of esters is 1. The second-order valence-electron chi connectivity index (χ2n) is 7.72. The summed E-state index contributed by atoms with van der Waals surface area (Å²) in [7, 11) is 1.59. The number of ether oxygens (including phenoxy) is 2. The van der Waals surface area contributed by atoms with Crippen molar-refractivity contribution in [3.05, 3.63) is 40.3 Å². The van der Waals surface area contributed by atoms with Crippen LogP contribution in [0.1, 0.15) is 41.1 Å². The van der Waals surface area contributed by atoms with Crippen molar-refractivity contribution in [2.75, 3.05) is 24.8 Å². The lowest BCUT2D eigenvalue weighted by atomic mass is 9.88. The number of thiophene rings is 1. The largest absolute Gasteiger partial charge is 0.497 e. The van der Waals surface area contributed by atoms with Crippen molar-refractivity contribution in [3.63, 3.8) is 0 Å². The minimum atomic E-state index is -0.382. The van der Waals surface area contributed by atoms with Crippen molar-refractivity contribution >= 4 is 40.0 Å². The highest BCUT2D eigenvalue weighted by Crippen LogP contribution is 2.40. The summed E-state index contributed by atoms with van der Waals surface area (Å²) in [4.78, 5) is 26.4. The lowest BCUT2D eigenvalue weighted by Crippen LogP contribution is -2.17. The van der Waals surface area contributed by atoms with Crippen molar-refractivity contribution in [1.29, 1.82) is 0 Å². The van der Waals surface area contributed by atoms with Gasteiger partial charge in [-0.15, -0.1) is 21.5 Å². The molecule has 0 radical (unpaired) electrons. The van der Waals surface area contributed by atoms with E-state index in [4.69, 9.17) is 13.9 Å². The van der Waals surface area contributed by atoms with Gasteiger partial charge in [-0.25, -0.2) is 4.79 Å². The first-order valence-electron chi connectivity index (χ1n) is 10.7. The van der Waals surface area contributed by atoms with Gasteiger partial charge in [-0.1, -0.05) is 24.8 Å². The molecular formula is C23H25N3O5S2. The van der Waals surface area contributed by atoms with Crippen LogP contribution < -0.4 is 10.1 Å². The molecule has 1 aromatic carbocycles. The summed E-state index contributed by atoms with van der Waals surface area (Å²) in [5.74, 6) is 1.03. The fraction of sp³-hybridized carbons (Fsp3) is 0.391. The molecule has 0 saturated carbocycles. The van der Waals surface area contributed by atoms with E-state index in [2.05, 4.69) is 22.4 Å². The number of anilines is 1. The molecule has 0 spiro atoms. The third-order valence-corrected chi connectivity index (χ3v) is 7.28. The first-order valence-corrected chi connectivity index (χ1v) is 12.5. The molecular weight excluding hydrogens is 462 g/mol. The predicted octanol–water partition coefficient (Wildman–Crippen LogP) is 4.84. The normalized spacial score (nSPS) is 15.1. The molecule has 1 atom stereocenters. The van der Waals surface area contributed by atoms with Crippen LogP contribution in [-0.2, 0) is 22.4 Å². The average Bonchev–Trinajstić information content (AvgIpc) is 3.42. The van der Waals surface area contributed by atoms with E-state index in [1.165, 1.54) is 11.3 Å². The molecule has 1 aliphatic carbocycles. The van der Waals surface area contributed by atoms with Gasteiger partial charge in [0.2, 0.25) is 11.8 Å². The standard InChI is InChI=1S/C23H25N3O5S2/c1-4-30-22(28)19-16-9-8-13(2)10-17(16)33-21(19)24-18(27)12-32-23-26-25-20(31-23)14-6-5-7-15(11-14)29-3/h5-7,11,13H,4,8-10,12H2,1-3H3,(H,24,27). The molecule has 1 aliphatic rings. The van der Waals surface area contributed by atoms with Gasteiger partial charge in [0.25, 0.3) is 5.22 Å². The number of amides is 1. The van der Waals surface area contributed by atoms with Crippen LogP contribution >= 0.6 is 23.1 Å². The van der Waals surface area contributed by atoms with Crippen LogP contribution in [-0.4, -0.2) is 41.5 Å². The van der Waals surface area contributed by atoms with Gasteiger partial charge >= 0.3 is 5.97 Å². The summed E-state index contributed by atoms with van der Waals surface area (Å²) in [6.45, 7) is 4.26. The quantitative estimate of drug-likeness (QED) is 0.356. The van der Waals surface area contributed by atoms with Crippen LogP contribution in [0.2, 0.25) is 0 Å². The second-order valence-corrected chi connectivity index (χ2v) is 9.75. The zero-order valence-electron chi connectivity index (χ0n) is 18.7. The van der Waals surface area contributed by atoms with Crippen LogP contribution in [0, 0.1) is 5.92 Å². The number of fused-ring (bicyclic) bond motifs is 1. The summed E-state index contributed by atoms with van der Waals surface area (Å²) in [6.07, 6.45) is 2.75. The van der Waals surface area contributed by atoms with Crippen LogP contribution in [0.3, 0.4) is 0 Å². The first kappa shape index (κ1) is 23.3. The Kier molecular flexibility index (Phi) is 7.34. The molecule has 2 heterocycles. The zero-order chi connectivity index (χ0) is 23.4. The number of nitrogens with one attached hydrogen (secondary N) is 1. The van der Waals surface area contributed by atoms with Crippen molar-refractivity contribution in [1.82, 2.24) is 10.2 Å². The minimum Gasteiger partial charge on any atom is -0.497 e. The van der Waals surface area contributed by atoms with Gasteiger partial charge in [-0.2, -0.15) is 0 Å². The number of nitrogens with zero attached hydrogens (tertiary/aromatic N) is 2. The maximum atomic E-state index is 12.7. The number of aromatic nitrogens is 2. The van der Waals surface area contributed by atoms with Crippen molar-refractivity contribution < 1.29 is 23.5 Å². The van der Waals surface area contributed by atoms with Crippen LogP contribution in [0.25, 0.3) is 11.5 Å². The van der Waals surface area contributed by atoms with Gasteiger partial charge in [0.05, 0.1) is 25.0 Å². The minimum absolute atomic E-state index is 0.0704. The fourth-order valence-electron chi connectivity index (χ4n) is 3.69. The van der Waals surface area contributed by atoms with E-state index in [1.54, 1.807) is 20.1 Å². The smallest absolute Gasteiger partial charge is 0.341 e. The molecule has 4 rings (SSSR count). The average molecular weight is 488 g/mol. The van der Waals surface area contributed by atoms with E-state index in [0.717, 1.165) is 47.0 Å². The summed E-state index contributed by atoms with van der Waals surface area (Å²) in [5, 5.41) is 11.8. The lowest BCUT2D eigenvalue weighted by molar-refractivity contribution is -0.113. The Morgan fingerprint density at radius 1 is 1.33 bits per heavy atom. The highest BCUT2D eigenvalue weighted by Gasteiger charge is 2.29. The summed E-state index contributed by atoms with van der Waals surface area (Å²) < 4.78 is 16.2. The molecule has 1 amide bonds. The topological polar surface area (TPSA) is 104 Å². The molecule has 1 unspecified atom stereocenters. The van der Waals surface area contributed by atoms with Crippen LogP contribution in [0.4, 0.5) is 5.00 Å². The molecule has 33 heavy (non-hydrogen) atoms. The zero-order valence-corrected chi connectivity index (χ0v) is 20.3. The third kappa shape index (κ3) is 5.39. The van der Waals surface area contributed by atoms with E-state index in [-0.39, 0.29) is 29.5 Å². The highest BCUT2D eigenvalue weighted by atomic mass is 32.2. The van der Waals surface area contributed by atoms with Crippen LogP contribution in [0.15, 0.2) is 33.9 Å². The highest BCUT2D eigenvalue weighted by molar-refractivity contribution is 7.99. The van der Waals surface area contributed by atoms with Gasteiger partial charge in [-0.05, 0) is 55.9 Å². The van der Waals surface area contributed by atoms with Gasteiger partial charge < -0.3 is 19.2 Å². The number of carbonyl (C=O) groups is 2. The number of hydrogen-bond donors (Lipinski definition) is 1. The van der Waals surface area contributed by atoms with Crippen LogP contribution in [0.5, 0.6) is 5.75 Å². The number of benzene rings is 1. The van der Waals surface area contributed by atoms with Gasteiger partial charge in [0, 0.05) is 10.4 Å². The molecule has 10 heteroatoms. The Morgan fingerprint density at radius 3 is 2.97 bits per heavy atom. The monoisotopic (exact) mass is 487 g/mol. The molecule has 2 aromatic heterocycles. The van der Waals surface area contributed by atoms with Gasteiger partial charge in [0.15, 0.2) is 0 Å². The first-order chi connectivity index (χ1) is 16.0. The maximum absolute atomic E-state index is 12.7. The third-order valence-electron chi connectivity index (χ3n) is 5.29. The lowest BCUT2D eigenvalue weighted by Gasteiger charge is -2.18. The second kappa shape index (κ2) is 10.4. The number of hydrogen-bond acceptors (Lipinski definition) is 9. The van der Waals surface area contributed by atoms with E-state index in [1.807, 2.05) is 18.2 Å². The van der Waals surface area contributed by atoms with E-state index in [0.29, 0.717) is 28.1 Å². The molecule has 1 N–H and O–H groups in total. The molecule has 0 aliphatic heterocycles. The number of carbonyl (C=O) groups excluding carboxylic acids is 2. The molecule has 0 bridgehead atoms. The molecule has 0 fully saturated rings. The predicted molar refractivity (Wildman–Crippen MR) is 127 cm³/mol. The Labute approximate surface area is 200 Å². The maximum Gasteiger partial charge on any atom is 0.341 e. The number of methoxy groups -OCH3 is 1. The fourth-order valence-corrected chi connectivity index (χ4v) is 5.67. The van der Waals surface area contributed by atoms with E-state index >= 15 is 0 Å². The Morgan fingerprint density at radius 2 is 2.18 bits per heavy atom. The number of thioether (sulfide) groups is 1. The summed E-state index contributed by atoms with van der Waals surface area (Å²) in [5.41, 5.74) is 2.25. The molecule has 174 valence electrons. The Bertz CT molecular complexity index is 1160. The SMILES string of the molecule is CCOC(=O)c1c(NC(=O)CSc2nnc(-c3cccc(OC)c3)o2)sc2c1CCC(C)C2. The van der Waals surface area contributed by atoms with Gasteiger partial charge in [0.1, 0.15) is 10.8 Å². The van der Waals surface area contributed by atoms with Crippen molar-refractivity contribution in [2.24, 2.45) is 5.92 Å². The summed E-state index contributed by atoms with van der Waals surface area (Å²) >= 11 is 2.61.